The molecule has 0 unspecified atom stereocenters. The average molecular weight is 131 g/mol. The van der Waals surface area contributed by atoms with Gasteiger partial charge in [0.05, 0.1) is 0 Å². The van der Waals surface area contributed by atoms with Crippen LogP contribution < -0.4 is 51.4 Å². The van der Waals surface area contributed by atoms with E-state index in [0.29, 0.717) is 0 Å². The molecule has 0 atom stereocenters. The molecule has 0 heterocycles. The molecule has 3 nitrogen and oxygen atoms in total. The molecule has 0 aromatic heterocycles. The molecular formula is CH4KN2OS-. The van der Waals surface area contributed by atoms with Crippen LogP contribution in [-0.2, 0) is 0 Å². The summed E-state index contributed by atoms with van der Waals surface area (Å²) in [6, 6.07) is 0. The Labute approximate surface area is 84.5 Å². The Hall–Kier alpha value is 1.42. The van der Waals surface area contributed by atoms with Crippen molar-refractivity contribution in [2.75, 3.05) is 0 Å². The van der Waals surface area contributed by atoms with E-state index in [1.54, 1.807) is 0 Å². The Morgan fingerprint density at radius 1 is 1.67 bits per heavy atom. The summed E-state index contributed by atoms with van der Waals surface area (Å²) >= 11 is 2.99. The predicted molar refractivity (Wildman–Crippen MR) is 24.0 cm³/mol. The van der Waals surface area contributed by atoms with Gasteiger partial charge in [0.15, 0.2) is 0 Å². The molecule has 3 N–H and O–H groups in total. The second-order valence-corrected chi connectivity index (χ2v) is 0.711. The number of carbonyl (C=O) groups is 1. The Morgan fingerprint density at radius 3 is 1.67 bits per heavy atom. The SMILES string of the molecule is [K+].[NH-]C(=O)S.[NH2-]. The Bertz CT molecular complexity index is 36.5. The molecule has 6 heavy (non-hydrogen) atoms. The van der Waals surface area contributed by atoms with Crippen molar-refractivity contribution in [2.24, 2.45) is 0 Å². The minimum atomic E-state index is -0.889. The Kier molecular flexibility index (Phi) is 25.2. The van der Waals surface area contributed by atoms with Crippen LogP contribution in [0, 0.1) is 0 Å². The van der Waals surface area contributed by atoms with Crippen LogP contribution in [0.15, 0.2) is 0 Å². The van der Waals surface area contributed by atoms with Gasteiger partial charge in [0, 0.05) is 0 Å². The Morgan fingerprint density at radius 2 is 1.67 bits per heavy atom. The zero-order chi connectivity index (χ0) is 3.58. The van der Waals surface area contributed by atoms with E-state index in [4.69, 9.17) is 10.5 Å². The molecule has 0 aromatic carbocycles. The van der Waals surface area contributed by atoms with E-state index >= 15 is 0 Å². The van der Waals surface area contributed by atoms with Crippen molar-refractivity contribution in [3.05, 3.63) is 11.9 Å². The van der Waals surface area contributed by atoms with Crippen molar-refractivity contribution in [3.8, 4) is 0 Å². The van der Waals surface area contributed by atoms with Gasteiger partial charge in [-0.15, -0.1) is 12.6 Å². The molecule has 0 bridgehead atoms. The van der Waals surface area contributed by atoms with Crippen LogP contribution in [0.2, 0.25) is 0 Å². The molecular weight excluding hydrogens is 127 g/mol. The van der Waals surface area contributed by atoms with Gasteiger partial charge >= 0.3 is 51.4 Å². The summed E-state index contributed by atoms with van der Waals surface area (Å²) in [5.41, 5.74) is 5.81. The van der Waals surface area contributed by atoms with Crippen molar-refractivity contribution in [1.29, 1.82) is 0 Å². The summed E-state index contributed by atoms with van der Waals surface area (Å²) in [5.74, 6) is 0. The van der Waals surface area contributed by atoms with E-state index < -0.39 is 5.24 Å². The second kappa shape index (κ2) is 9.65. The van der Waals surface area contributed by atoms with Crippen LogP contribution in [0.25, 0.3) is 11.9 Å². The minimum Gasteiger partial charge on any atom is -0.693 e. The van der Waals surface area contributed by atoms with Crippen LogP contribution in [0.4, 0.5) is 4.79 Å². The first-order valence-electron chi connectivity index (χ1n) is 0.678. The van der Waals surface area contributed by atoms with Crippen LogP contribution in [-0.4, -0.2) is 5.24 Å². The van der Waals surface area contributed by atoms with Gasteiger partial charge < -0.3 is 16.7 Å². The van der Waals surface area contributed by atoms with Gasteiger partial charge in [0.25, 0.3) is 0 Å². The molecule has 0 spiro atoms. The maximum absolute atomic E-state index is 8.98. The van der Waals surface area contributed by atoms with Crippen molar-refractivity contribution in [1.82, 2.24) is 0 Å². The molecule has 0 fully saturated rings. The van der Waals surface area contributed by atoms with Crippen molar-refractivity contribution >= 4 is 17.9 Å². The molecule has 0 radical (unpaired) electrons. The van der Waals surface area contributed by atoms with Gasteiger partial charge in [-0.1, -0.05) is 0 Å². The standard InChI is InChI=1S/CH3NOS.K.H2N/c2-1(3)4;;/h(H3,2,3,4);;1H2/q;+1;-1/p-1. The van der Waals surface area contributed by atoms with Crippen molar-refractivity contribution in [3.63, 3.8) is 0 Å². The fourth-order valence-corrected chi connectivity index (χ4v) is 0. The van der Waals surface area contributed by atoms with Crippen molar-refractivity contribution < 1.29 is 56.2 Å². The molecule has 1 amide bonds. The van der Waals surface area contributed by atoms with Gasteiger partial charge in [-0.05, 0) is 0 Å². The van der Waals surface area contributed by atoms with Crippen molar-refractivity contribution in [2.45, 2.75) is 0 Å². The van der Waals surface area contributed by atoms with Gasteiger partial charge in [-0.3, -0.25) is 0 Å². The molecule has 0 aliphatic heterocycles. The summed E-state index contributed by atoms with van der Waals surface area (Å²) in [4.78, 5) is 8.98. The summed E-state index contributed by atoms with van der Waals surface area (Å²) < 4.78 is 0. The summed E-state index contributed by atoms with van der Waals surface area (Å²) in [5, 5.41) is -0.889. The smallest absolute Gasteiger partial charge is 0.693 e. The topological polar surface area (TPSA) is 74.4 Å². The summed E-state index contributed by atoms with van der Waals surface area (Å²) in [7, 11) is 0. The summed E-state index contributed by atoms with van der Waals surface area (Å²) in [6.45, 7) is 0. The van der Waals surface area contributed by atoms with E-state index in [1.807, 2.05) is 0 Å². The molecule has 32 valence electrons. The number of nitrogens with one attached hydrogen (secondary N) is 1. The average Bonchev–Trinajstić information content (AvgIpc) is 0.811. The van der Waals surface area contributed by atoms with Crippen LogP contribution in [0.5, 0.6) is 0 Å². The summed E-state index contributed by atoms with van der Waals surface area (Å²) in [6.07, 6.45) is 0. The predicted octanol–water partition coefficient (Wildman–Crippen LogP) is -1.19. The maximum atomic E-state index is 8.98. The first-order chi connectivity index (χ1) is 1.73. The fraction of sp³-hybridized carbons (Fsp3) is 0. The van der Waals surface area contributed by atoms with E-state index in [0.717, 1.165) is 0 Å². The number of amides is 1. The number of rotatable bonds is 0. The molecule has 0 saturated heterocycles. The van der Waals surface area contributed by atoms with Gasteiger partial charge in [0.1, 0.15) is 5.24 Å². The van der Waals surface area contributed by atoms with Crippen LogP contribution >= 0.6 is 12.6 Å². The number of thiol groups is 1. The zero-order valence-corrected chi connectivity index (χ0v) is 7.45. The van der Waals surface area contributed by atoms with E-state index in [-0.39, 0.29) is 57.5 Å². The zero-order valence-electron chi connectivity index (χ0n) is 3.43. The van der Waals surface area contributed by atoms with E-state index in [2.05, 4.69) is 12.6 Å². The third kappa shape index (κ3) is 52.7. The van der Waals surface area contributed by atoms with Crippen LogP contribution in [0.3, 0.4) is 0 Å². The molecule has 0 rings (SSSR count). The molecule has 5 heteroatoms. The molecule has 0 aliphatic rings. The number of hydrogen-bond acceptors (Lipinski definition) is 1. The van der Waals surface area contributed by atoms with E-state index in [1.165, 1.54) is 0 Å². The monoisotopic (exact) mass is 131 g/mol. The first kappa shape index (κ1) is 15.7. The number of hydrogen-bond donors (Lipinski definition) is 1. The number of carbonyl (C=O) groups excluding carboxylic acids is 1. The third-order valence-electron chi connectivity index (χ3n) is 0. The molecule has 0 aliphatic carbocycles. The normalized spacial score (nSPS) is 4.17. The molecule has 0 aromatic rings. The quantitative estimate of drug-likeness (QED) is 0.326. The second-order valence-electron chi connectivity index (χ2n) is 0.305. The maximum Gasteiger partial charge on any atom is 1.00 e. The molecule has 0 saturated carbocycles. The Balaban J connectivity index is -0.0000000450. The third-order valence-corrected chi connectivity index (χ3v) is 0. The van der Waals surface area contributed by atoms with Crippen LogP contribution in [0.1, 0.15) is 0 Å². The van der Waals surface area contributed by atoms with E-state index in [9.17, 15) is 0 Å². The fourth-order valence-electron chi connectivity index (χ4n) is 0. The number of nitrogens with two attached hydrogens (primary N) is 1. The van der Waals surface area contributed by atoms with Gasteiger partial charge in [-0.25, -0.2) is 0 Å². The largest absolute Gasteiger partial charge is 1.00 e. The first-order valence-corrected chi connectivity index (χ1v) is 1.12. The van der Waals surface area contributed by atoms with Gasteiger partial charge in [-0.2, -0.15) is 0 Å². The van der Waals surface area contributed by atoms with Gasteiger partial charge in [0.2, 0.25) is 0 Å². The minimum absolute atomic E-state index is 0.